The molecule has 0 bridgehead atoms. The number of anilines is 2. The Morgan fingerprint density at radius 1 is 1.00 bits per heavy atom. The Morgan fingerprint density at radius 2 is 1.69 bits per heavy atom. The van der Waals surface area contributed by atoms with Crippen LogP contribution in [0.1, 0.15) is 43.9 Å². The highest BCUT2D eigenvalue weighted by atomic mass is 35.5. The van der Waals surface area contributed by atoms with Crippen LogP contribution in [0.5, 0.6) is 0 Å². The summed E-state index contributed by atoms with van der Waals surface area (Å²) in [6, 6.07) is 25.0. The molecule has 0 aromatic heterocycles. The second kappa shape index (κ2) is 9.82. The molecule has 0 saturated heterocycles. The molecule has 1 aliphatic carbocycles. The molecule has 0 fully saturated rings. The van der Waals surface area contributed by atoms with Gasteiger partial charge in [0.05, 0.1) is 24.0 Å². The van der Waals surface area contributed by atoms with E-state index in [2.05, 4.69) is 29.4 Å². The fourth-order valence-electron chi connectivity index (χ4n) is 5.22. The van der Waals surface area contributed by atoms with Crippen molar-refractivity contribution < 1.29 is 9.59 Å². The second-order valence-corrected chi connectivity index (χ2v) is 10.8. The molecule has 1 atom stereocenters. The minimum absolute atomic E-state index is 0.110. The summed E-state index contributed by atoms with van der Waals surface area (Å²) < 4.78 is 0. The number of hydrogen-bond acceptors (Lipinski definition) is 4. The number of allylic oxidation sites excluding steroid dienone is 1. The Hall–Kier alpha value is -3.57. The predicted molar refractivity (Wildman–Crippen MR) is 145 cm³/mol. The maximum atomic E-state index is 13.7. The quantitative estimate of drug-likeness (QED) is 0.434. The standard InChI is InChI=1S/C30H30ClN3O2/c1-30(2)16-24-28(26(35)17-30)29(21-8-4-3-5-9-21)34(25-11-7-6-10-23(25)33-24)19-27(36)32-18-20-12-14-22(31)15-13-20/h3-15,29,33H,16-19H2,1-2H3,(H,32,36). The Bertz CT molecular complexity index is 1320. The number of carbonyl (C=O) groups is 2. The lowest BCUT2D eigenvalue weighted by Crippen LogP contribution is -2.41. The number of amides is 1. The summed E-state index contributed by atoms with van der Waals surface area (Å²) in [6.07, 6.45) is 1.24. The van der Waals surface area contributed by atoms with Crippen molar-refractivity contribution in [2.75, 3.05) is 16.8 Å². The van der Waals surface area contributed by atoms with Crippen LogP contribution in [0.15, 0.2) is 90.1 Å². The maximum absolute atomic E-state index is 13.7. The first-order valence-electron chi connectivity index (χ1n) is 12.3. The zero-order valence-corrected chi connectivity index (χ0v) is 21.3. The molecule has 1 aliphatic heterocycles. The van der Waals surface area contributed by atoms with Crippen LogP contribution in [0.2, 0.25) is 5.02 Å². The van der Waals surface area contributed by atoms with Gasteiger partial charge < -0.3 is 15.5 Å². The van der Waals surface area contributed by atoms with Gasteiger partial charge in [0.25, 0.3) is 0 Å². The van der Waals surface area contributed by atoms with Gasteiger partial charge in [0.1, 0.15) is 0 Å². The third kappa shape index (κ3) is 5.02. The van der Waals surface area contributed by atoms with E-state index in [0.717, 1.165) is 40.2 Å². The van der Waals surface area contributed by atoms with Gasteiger partial charge in [-0.1, -0.05) is 80.0 Å². The van der Waals surface area contributed by atoms with E-state index in [1.165, 1.54) is 0 Å². The van der Waals surface area contributed by atoms with Crippen molar-refractivity contribution in [3.63, 3.8) is 0 Å². The summed E-state index contributed by atoms with van der Waals surface area (Å²) in [5.41, 5.74) is 5.32. The smallest absolute Gasteiger partial charge is 0.239 e. The fraction of sp³-hybridized carbons (Fsp3) is 0.267. The van der Waals surface area contributed by atoms with E-state index >= 15 is 0 Å². The van der Waals surface area contributed by atoms with E-state index in [9.17, 15) is 9.59 Å². The molecule has 184 valence electrons. The van der Waals surface area contributed by atoms with Gasteiger partial charge in [-0.05, 0) is 47.2 Å². The molecule has 1 amide bonds. The summed E-state index contributed by atoms with van der Waals surface area (Å²) >= 11 is 5.99. The van der Waals surface area contributed by atoms with Crippen LogP contribution in [-0.2, 0) is 16.1 Å². The fourth-order valence-corrected chi connectivity index (χ4v) is 5.35. The zero-order valence-electron chi connectivity index (χ0n) is 20.6. The molecule has 1 heterocycles. The molecule has 36 heavy (non-hydrogen) atoms. The van der Waals surface area contributed by atoms with Gasteiger partial charge in [-0.15, -0.1) is 0 Å². The van der Waals surface area contributed by atoms with Crippen molar-refractivity contribution in [2.45, 2.75) is 39.3 Å². The van der Waals surface area contributed by atoms with Gasteiger partial charge in [0.2, 0.25) is 5.91 Å². The number of nitrogens with zero attached hydrogens (tertiary/aromatic N) is 1. The molecule has 3 aromatic rings. The number of carbonyl (C=O) groups excluding carboxylic acids is 2. The first kappa shape index (κ1) is 24.1. The molecular weight excluding hydrogens is 470 g/mol. The first-order chi connectivity index (χ1) is 17.3. The average molecular weight is 500 g/mol. The molecule has 3 aromatic carbocycles. The topological polar surface area (TPSA) is 61.4 Å². The highest BCUT2D eigenvalue weighted by Gasteiger charge is 2.41. The molecular formula is C30H30ClN3O2. The molecule has 5 rings (SSSR count). The maximum Gasteiger partial charge on any atom is 0.239 e. The van der Waals surface area contributed by atoms with Gasteiger partial charge in [0, 0.05) is 29.3 Å². The first-order valence-corrected chi connectivity index (χ1v) is 12.6. The normalized spacial score (nSPS) is 18.6. The van der Waals surface area contributed by atoms with Crippen molar-refractivity contribution >= 4 is 34.7 Å². The lowest BCUT2D eigenvalue weighted by Gasteiger charge is -2.37. The summed E-state index contributed by atoms with van der Waals surface area (Å²) in [5, 5.41) is 7.29. The summed E-state index contributed by atoms with van der Waals surface area (Å²) in [5.74, 6) is 0.00954. The van der Waals surface area contributed by atoms with Gasteiger partial charge in [-0.2, -0.15) is 0 Å². The Kier molecular flexibility index (Phi) is 6.59. The van der Waals surface area contributed by atoms with E-state index in [4.69, 9.17) is 11.6 Å². The van der Waals surface area contributed by atoms with Crippen molar-refractivity contribution in [1.82, 2.24) is 5.32 Å². The number of fused-ring (bicyclic) bond motifs is 1. The SMILES string of the molecule is CC1(C)CC(=O)C2=C(C1)Nc1ccccc1N(CC(=O)NCc1ccc(Cl)cc1)C2c1ccccc1. The van der Waals surface area contributed by atoms with Crippen molar-refractivity contribution in [3.05, 3.63) is 106 Å². The van der Waals surface area contributed by atoms with Crippen molar-refractivity contribution in [2.24, 2.45) is 5.41 Å². The van der Waals surface area contributed by atoms with Crippen molar-refractivity contribution in [3.8, 4) is 0 Å². The third-order valence-corrected chi connectivity index (χ3v) is 7.09. The zero-order chi connectivity index (χ0) is 25.3. The summed E-state index contributed by atoms with van der Waals surface area (Å²) in [7, 11) is 0. The van der Waals surface area contributed by atoms with Gasteiger partial charge in [0.15, 0.2) is 5.78 Å². The largest absolute Gasteiger partial charge is 0.357 e. The van der Waals surface area contributed by atoms with E-state index < -0.39 is 0 Å². The number of rotatable bonds is 5. The average Bonchev–Trinajstić information content (AvgIpc) is 2.98. The van der Waals surface area contributed by atoms with E-state index in [1.54, 1.807) is 0 Å². The minimum atomic E-state index is -0.373. The molecule has 1 unspecified atom stereocenters. The molecule has 0 spiro atoms. The molecule has 5 nitrogen and oxygen atoms in total. The number of halogens is 1. The molecule has 0 radical (unpaired) electrons. The number of ketones is 1. The number of nitrogens with one attached hydrogen (secondary N) is 2. The highest BCUT2D eigenvalue weighted by molar-refractivity contribution is 6.30. The van der Waals surface area contributed by atoms with Crippen LogP contribution in [0.3, 0.4) is 0 Å². The van der Waals surface area contributed by atoms with Crippen LogP contribution in [0.25, 0.3) is 0 Å². The highest BCUT2D eigenvalue weighted by Crippen LogP contribution is 2.48. The molecule has 2 aliphatic rings. The second-order valence-electron chi connectivity index (χ2n) is 10.3. The van der Waals surface area contributed by atoms with Gasteiger partial charge >= 0.3 is 0 Å². The Morgan fingerprint density at radius 3 is 2.44 bits per heavy atom. The summed E-state index contributed by atoms with van der Waals surface area (Å²) in [6.45, 7) is 4.78. The number of benzene rings is 3. The van der Waals surface area contributed by atoms with Gasteiger partial charge in [-0.25, -0.2) is 0 Å². The third-order valence-electron chi connectivity index (χ3n) is 6.84. The predicted octanol–water partition coefficient (Wildman–Crippen LogP) is 6.27. The van der Waals surface area contributed by atoms with Crippen LogP contribution in [0.4, 0.5) is 11.4 Å². The number of para-hydroxylation sites is 2. The molecule has 6 heteroatoms. The van der Waals surface area contributed by atoms with Crippen LogP contribution >= 0.6 is 11.6 Å². The molecule has 2 N–H and O–H groups in total. The molecule has 0 saturated carbocycles. The van der Waals surface area contributed by atoms with E-state index in [-0.39, 0.29) is 29.7 Å². The van der Waals surface area contributed by atoms with Crippen LogP contribution < -0.4 is 15.5 Å². The van der Waals surface area contributed by atoms with Crippen LogP contribution in [-0.4, -0.2) is 18.2 Å². The number of Topliss-reactive ketones (excluding diaryl/α,β-unsaturated/α-hetero) is 1. The Balaban J connectivity index is 1.54. The summed E-state index contributed by atoms with van der Waals surface area (Å²) in [4.78, 5) is 29.0. The van der Waals surface area contributed by atoms with E-state index in [0.29, 0.717) is 18.0 Å². The minimum Gasteiger partial charge on any atom is -0.357 e. The lowest BCUT2D eigenvalue weighted by atomic mass is 9.73. The van der Waals surface area contributed by atoms with Crippen molar-refractivity contribution in [1.29, 1.82) is 0 Å². The van der Waals surface area contributed by atoms with E-state index in [1.807, 2.05) is 78.9 Å². The van der Waals surface area contributed by atoms with Gasteiger partial charge in [-0.3, -0.25) is 9.59 Å². The Labute approximate surface area is 217 Å². The van der Waals surface area contributed by atoms with Crippen LogP contribution in [0, 0.1) is 5.41 Å². The number of hydrogen-bond donors (Lipinski definition) is 2. The lowest BCUT2D eigenvalue weighted by molar-refractivity contribution is -0.120. The monoisotopic (exact) mass is 499 g/mol.